The van der Waals surface area contributed by atoms with Crippen molar-refractivity contribution in [3.05, 3.63) is 40.6 Å². The summed E-state index contributed by atoms with van der Waals surface area (Å²) in [6.45, 7) is 0. The minimum absolute atomic E-state index is 0.310. The average molecular weight is 283 g/mol. The number of furan rings is 1. The first-order valence-corrected chi connectivity index (χ1v) is 5.32. The molecule has 1 heterocycles. The number of nitrogens with zero attached hydrogens (tertiary/aromatic N) is 1. The van der Waals surface area contributed by atoms with Crippen LogP contribution in [0, 0.1) is 11.3 Å². The molecule has 0 spiro atoms. The molecule has 0 radical (unpaired) electrons. The number of nitriles is 1. The normalized spacial score (nSPS) is 11.7. The van der Waals surface area contributed by atoms with E-state index in [-0.39, 0.29) is 0 Å². The molecule has 1 aromatic carbocycles. The maximum absolute atomic E-state index is 8.46. The third-order valence-corrected chi connectivity index (χ3v) is 2.69. The summed E-state index contributed by atoms with van der Waals surface area (Å²) in [7, 11) is 0. The summed E-state index contributed by atoms with van der Waals surface area (Å²) in [5.41, 5.74) is 0.748. The van der Waals surface area contributed by atoms with E-state index in [9.17, 15) is 0 Å². The van der Waals surface area contributed by atoms with Crippen LogP contribution < -0.4 is 0 Å². The van der Waals surface area contributed by atoms with Crippen molar-refractivity contribution in [3.63, 3.8) is 0 Å². The molecular weight excluding hydrogens is 277 g/mol. The van der Waals surface area contributed by atoms with Gasteiger partial charge in [-0.15, -0.1) is 0 Å². The number of hydrogen-bond acceptors (Lipinski definition) is 2. The number of hydrogen-bond donors (Lipinski definition) is 0. The summed E-state index contributed by atoms with van der Waals surface area (Å²) in [6, 6.07) is 9.32. The van der Waals surface area contributed by atoms with Crippen molar-refractivity contribution in [1.29, 1.82) is 5.26 Å². The molecular formula is C11H5BrClNO. The van der Waals surface area contributed by atoms with Gasteiger partial charge in [-0.3, -0.25) is 0 Å². The summed E-state index contributed by atoms with van der Waals surface area (Å²) in [5, 5.41) is 9.72. The first-order valence-electron chi connectivity index (χ1n) is 4.15. The maximum atomic E-state index is 8.46. The average Bonchev–Trinajstić information content (AvgIpc) is 2.60. The van der Waals surface area contributed by atoms with Crippen LogP contribution in [0.4, 0.5) is 0 Å². The standard InChI is InChI=1S/C11H5BrClNO/c12-8-1-2-10-7(5-8)6-11(15-10)9(13)3-4-14/h1-3,5-6H/b9-3-. The summed E-state index contributed by atoms with van der Waals surface area (Å²) in [6.07, 6.45) is 1.24. The van der Waals surface area contributed by atoms with Crippen LogP contribution in [0.2, 0.25) is 0 Å². The molecule has 4 heteroatoms. The number of fused-ring (bicyclic) bond motifs is 1. The number of halogens is 2. The van der Waals surface area contributed by atoms with Gasteiger partial charge in [0, 0.05) is 15.9 Å². The van der Waals surface area contributed by atoms with E-state index < -0.39 is 0 Å². The topological polar surface area (TPSA) is 36.9 Å². The fourth-order valence-electron chi connectivity index (χ4n) is 1.26. The minimum atomic E-state index is 0.310. The zero-order chi connectivity index (χ0) is 10.8. The Balaban J connectivity index is 2.58. The highest BCUT2D eigenvalue weighted by Gasteiger charge is 2.06. The number of benzene rings is 1. The molecule has 0 saturated heterocycles. The molecule has 0 aliphatic carbocycles. The van der Waals surface area contributed by atoms with Crippen molar-refractivity contribution in [2.45, 2.75) is 0 Å². The predicted octanol–water partition coefficient (Wildman–Crippen LogP) is 4.30. The SMILES string of the molecule is N#C/C=C(\Cl)c1cc2cc(Br)ccc2o1. The van der Waals surface area contributed by atoms with Gasteiger partial charge in [0.25, 0.3) is 0 Å². The molecule has 0 unspecified atom stereocenters. The third kappa shape index (κ3) is 2.06. The van der Waals surface area contributed by atoms with Crippen LogP contribution in [-0.2, 0) is 0 Å². The minimum Gasteiger partial charge on any atom is -0.455 e. The van der Waals surface area contributed by atoms with Crippen molar-refractivity contribution in [2.75, 3.05) is 0 Å². The van der Waals surface area contributed by atoms with Crippen molar-refractivity contribution >= 4 is 43.5 Å². The third-order valence-electron chi connectivity index (χ3n) is 1.91. The molecule has 2 nitrogen and oxygen atoms in total. The quantitative estimate of drug-likeness (QED) is 0.731. The van der Waals surface area contributed by atoms with Crippen molar-refractivity contribution in [1.82, 2.24) is 0 Å². The fraction of sp³-hybridized carbons (Fsp3) is 0. The first-order chi connectivity index (χ1) is 7.20. The first kappa shape index (κ1) is 10.3. The molecule has 15 heavy (non-hydrogen) atoms. The molecule has 74 valence electrons. The van der Waals surface area contributed by atoms with E-state index in [1.807, 2.05) is 24.3 Å². The van der Waals surface area contributed by atoms with Gasteiger partial charge in [0.1, 0.15) is 11.3 Å². The van der Waals surface area contributed by atoms with Gasteiger partial charge in [0.05, 0.1) is 11.1 Å². The summed E-state index contributed by atoms with van der Waals surface area (Å²) >= 11 is 9.22. The zero-order valence-corrected chi connectivity index (χ0v) is 9.84. The van der Waals surface area contributed by atoms with Gasteiger partial charge < -0.3 is 4.42 Å². The summed E-state index contributed by atoms with van der Waals surface area (Å²) < 4.78 is 6.44. The van der Waals surface area contributed by atoms with Gasteiger partial charge in [-0.2, -0.15) is 5.26 Å². The van der Waals surface area contributed by atoms with Gasteiger partial charge in [0.15, 0.2) is 0 Å². The van der Waals surface area contributed by atoms with Crippen LogP contribution in [0.5, 0.6) is 0 Å². The Morgan fingerprint density at radius 2 is 2.27 bits per heavy atom. The molecule has 2 aromatic rings. The maximum Gasteiger partial charge on any atom is 0.147 e. The molecule has 1 aromatic heterocycles. The molecule has 0 aliphatic heterocycles. The van der Waals surface area contributed by atoms with Gasteiger partial charge in [-0.25, -0.2) is 0 Å². The van der Waals surface area contributed by atoms with Gasteiger partial charge in [0.2, 0.25) is 0 Å². The van der Waals surface area contributed by atoms with E-state index in [0.717, 1.165) is 15.4 Å². The highest BCUT2D eigenvalue weighted by atomic mass is 79.9. The molecule has 0 amide bonds. The Morgan fingerprint density at radius 3 is 3.00 bits per heavy atom. The Morgan fingerprint density at radius 1 is 1.47 bits per heavy atom. The molecule has 0 saturated carbocycles. The van der Waals surface area contributed by atoms with Crippen molar-refractivity contribution in [3.8, 4) is 6.07 Å². The Kier molecular flexibility index (Phi) is 2.81. The second-order valence-corrected chi connectivity index (χ2v) is 4.24. The summed E-state index contributed by atoms with van der Waals surface area (Å²) in [4.78, 5) is 0. The lowest BCUT2D eigenvalue weighted by molar-refractivity contribution is 0.602. The number of rotatable bonds is 1. The lowest BCUT2D eigenvalue weighted by Gasteiger charge is -1.88. The second-order valence-electron chi connectivity index (χ2n) is 2.91. The van der Waals surface area contributed by atoms with E-state index in [0.29, 0.717) is 10.8 Å². The van der Waals surface area contributed by atoms with E-state index in [2.05, 4.69) is 15.9 Å². The molecule has 0 atom stereocenters. The van der Waals surface area contributed by atoms with Crippen LogP contribution in [0.25, 0.3) is 16.0 Å². The van der Waals surface area contributed by atoms with Crippen LogP contribution in [0.1, 0.15) is 5.76 Å². The lowest BCUT2D eigenvalue weighted by Crippen LogP contribution is -1.67. The fourth-order valence-corrected chi connectivity index (χ4v) is 1.78. The lowest BCUT2D eigenvalue weighted by atomic mass is 10.2. The van der Waals surface area contributed by atoms with Crippen LogP contribution in [-0.4, -0.2) is 0 Å². The largest absolute Gasteiger partial charge is 0.455 e. The van der Waals surface area contributed by atoms with E-state index >= 15 is 0 Å². The zero-order valence-electron chi connectivity index (χ0n) is 7.50. The smallest absolute Gasteiger partial charge is 0.147 e. The van der Waals surface area contributed by atoms with Crippen LogP contribution in [0.15, 0.2) is 39.2 Å². The van der Waals surface area contributed by atoms with E-state index in [1.54, 1.807) is 6.07 Å². The molecule has 0 aliphatic rings. The van der Waals surface area contributed by atoms with Gasteiger partial charge >= 0.3 is 0 Å². The predicted molar refractivity (Wildman–Crippen MR) is 63.4 cm³/mol. The Hall–Kier alpha value is -1.24. The van der Waals surface area contributed by atoms with Gasteiger partial charge in [-0.05, 0) is 24.3 Å². The Bertz CT molecular complexity index is 580. The molecule has 0 N–H and O–H groups in total. The second kappa shape index (κ2) is 4.09. The molecule has 0 fully saturated rings. The monoisotopic (exact) mass is 281 g/mol. The summed E-state index contributed by atoms with van der Waals surface area (Å²) in [5.74, 6) is 0.506. The Labute approximate surface area is 99.9 Å². The van der Waals surface area contributed by atoms with Crippen LogP contribution in [0.3, 0.4) is 0 Å². The number of allylic oxidation sites excluding steroid dienone is 1. The molecule has 0 bridgehead atoms. The highest BCUT2D eigenvalue weighted by Crippen LogP contribution is 2.28. The molecule has 2 rings (SSSR count). The van der Waals surface area contributed by atoms with E-state index in [1.165, 1.54) is 6.08 Å². The van der Waals surface area contributed by atoms with Gasteiger partial charge in [-0.1, -0.05) is 27.5 Å². The van der Waals surface area contributed by atoms with Crippen molar-refractivity contribution in [2.24, 2.45) is 0 Å². The van der Waals surface area contributed by atoms with Crippen molar-refractivity contribution < 1.29 is 4.42 Å². The van der Waals surface area contributed by atoms with Crippen LogP contribution >= 0.6 is 27.5 Å². The highest BCUT2D eigenvalue weighted by molar-refractivity contribution is 9.10. The van der Waals surface area contributed by atoms with E-state index in [4.69, 9.17) is 21.3 Å².